The van der Waals surface area contributed by atoms with Crippen molar-refractivity contribution in [1.29, 1.82) is 0 Å². The molecule has 3 N–H and O–H groups in total. The molecule has 1 aromatic carbocycles. The van der Waals surface area contributed by atoms with Crippen molar-refractivity contribution in [3.8, 4) is 5.75 Å². The van der Waals surface area contributed by atoms with Crippen molar-refractivity contribution in [2.45, 2.75) is 26.4 Å². The highest BCUT2D eigenvalue weighted by molar-refractivity contribution is 7.13. The van der Waals surface area contributed by atoms with E-state index in [4.69, 9.17) is 9.84 Å². The third kappa shape index (κ3) is 5.86. The average molecular weight is 533 g/mol. The number of carbonyl (C=O) groups excluding carboxylic acids is 2. The van der Waals surface area contributed by atoms with Gasteiger partial charge in [0.1, 0.15) is 16.3 Å². The van der Waals surface area contributed by atoms with Crippen molar-refractivity contribution in [2.24, 2.45) is 0 Å². The van der Waals surface area contributed by atoms with Crippen molar-refractivity contribution in [3.05, 3.63) is 80.9 Å². The summed E-state index contributed by atoms with van der Waals surface area (Å²) in [7, 11) is 0. The first-order chi connectivity index (χ1) is 17.6. The molecule has 0 saturated heterocycles. The van der Waals surface area contributed by atoms with E-state index in [1.54, 1.807) is 6.07 Å². The van der Waals surface area contributed by atoms with E-state index >= 15 is 0 Å². The number of aromatic carboxylic acids is 1. The fourth-order valence-corrected chi connectivity index (χ4v) is 4.04. The number of rotatable bonds is 9. The van der Waals surface area contributed by atoms with Crippen molar-refractivity contribution in [3.63, 3.8) is 0 Å². The molecule has 1 unspecified atom stereocenters. The molecular weight excluding hydrogens is 515 g/mol. The summed E-state index contributed by atoms with van der Waals surface area (Å²) < 4.78 is 46.8. The summed E-state index contributed by atoms with van der Waals surface area (Å²) in [6.07, 6.45) is -0.907. The lowest BCUT2D eigenvalue weighted by Gasteiger charge is -2.11. The summed E-state index contributed by atoms with van der Waals surface area (Å²) >= 11 is 0.977. The van der Waals surface area contributed by atoms with Crippen molar-refractivity contribution < 1.29 is 37.4 Å². The number of carbonyl (C=O) groups is 3. The van der Waals surface area contributed by atoms with Gasteiger partial charge in [-0.15, -0.1) is 11.3 Å². The number of benzene rings is 1. The molecule has 0 aliphatic carbocycles. The van der Waals surface area contributed by atoms with Crippen LogP contribution in [0, 0.1) is 11.6 Å². The Morgan fingerprint density at radius 1 is 1.08 bits per heavy atom. The number of carboxylic acid groups (broad SMARTS) is 1. The number of alkyl halides is 1. The molecule has 3 heterocycles. The Labute approximate surface area is 210 Å². The Balaban J connectivity index is 1.52. The quantitative estimate of drug-likeness (QED) is 0.300. The predicted molar refractivity (Wildman–Crippen MR) is 124 cm³/mol. The van der Waals surface area contributed by atoms with Crippen molar-refractivity contribution in [1.82, 2.24) is 25.2 Å². The minimum absolute atomic E-state index is 0.0155. The summed E-state index contributed by atoms with van der Waals surface area (Å²) in [5, 5.41) is 17.9. The first-order valence-electron chi connectivity index (χ1n) is 10.6. The maximum Gasteiger partial charge on any atom is 0.345 e. The number of nitrogens with zero attached hydrogens (tertiary/aromatic N) is 3. The topological polar surface area (TPSA) is 135 Å². The molecule has 0 aliphatic heterocycles. The molecule has 0 bridgehead atoms. The Kier molecular flexibility index (Phi) is 7.38. The summed E-state index contributed by atoms with van der Waals surface area (Å²) in [5.74, 6) is -4.55. The van der Waals surface area contributed by atoms with Crippen LogP contribution in [-0.2, 0) is 13.1 Å². The number of hydrogen-bond acceptors (Lipinski definition) is 7. The fraction of sp³-hybridized carbons (Fsp3) is 0.174. The molecule has 14 heteroatoms. The van der Waals surface area contributed by atoms with Crippen LogP contribution in [0.3, 0.4) is 0 Å². The number of aromatic nitrogens is 3. The van der Waals surface area contributed by atoms with Crippen LogP contribution in [0.4, 0.5) is 13.2 Å². The van der Waals surface area contributed by atoms with Crippen LogP contribution in [0.25, 0.3) is 5.65 Å². The number of halogens is 3. The molecule has 3 aromatic heterocycles. The molecule has 2 amide bonds. The van der Waals surface area contributed by atoms with E-state index in [1.165, 1.54) is 18.2 Å². The summed E-state index contributed by atoms with van der Waals surface area (Å²) in [6.45, 7) is 0.946. The molecule has 4 rings (SSSR count). The molecule has 0 spiro atoms. The van der Waals surface area contributed by atoms with Gasteiger partial charge in [-0.05, 0) is 29.8 Å². The van der Waals surface area contributed by atoms with E-state index < -0.39 is 35.8 Å². The van der Waals surface area contributed by atoms with Crippen LogP contribution < -0.4 is 15.4 Å². The normalized spacial score (nSPS) is 11.8. The second-order valence-corrected chi connectivity index (χ2v) is 8.78. The van der Waals surface area contributed by atoms with E-state index in [-0.39, 0.29) is 40.8 Å². The van der Waals surface area contributed by atoms with Gasteiger partial charge in [-0.3, -0.25) is 9.59 Å². The first-order valence-corrected chi connectivity index (χ1v) is 11.5. The van der Waals surface area contributed by atoms with Gasteiger partial charge in [0, 0.05) is 24.4 Å². The van der Waals surface area contributed by atoms with Gasteiger partial charge in [0.25, 0.3) is 11.8 Å². The molecule has 0 fully saturated rings. The Hall–Kier alpha value is -4.46. The Morgan fingerprint density at radius 3 is 2.54 bits per heavy atom. The van der Waals surface area contributed by atoms with Gasteiger partial charge in [0.2, 0.25) is 6.36 Å². The minimum atomic E-state index is -1.75. The zero-order valence-corrected chi connectivity index (χ0v) is 19.8. The summed E-state index contributed by atoms with van der Waals surface area (Å²) in [5.41, 5.74) is -0.464. The number of thiophene rings is 1. The zero-order chi connectivity index (χ0) is 26.7. The molecular formula is C23H18F3N5O5S. The van der Waals surface area contributed by atoms with Gasteiger partial charge >= 0.3 is 5.97 Å². The molecule has 37 heavy (non-hydrogen) atoms. The van der Waals surface area contributed by atoms with Gasteiger partial charge in [-0.1, -0.05) is 6.07 Å². The Bertz CT molecular complexity index is 1500. The number of nitrogens with one attached hydrogen (secondary N) is 2. The van der Waals surface area contributed by atoms with E-state index in [1.807, 2.05) is 0 Å². The predicted octanol–water partition coefficient (Wildman–Crippen LogP) is 3.32. The largest absolute Gasteiger partial charge is 0.477 e. The van der Waals surface area contributed by atoms with Crippen LogP contribution in [-0.4, -0.2) is 43.8 Å². The van der Waals surface area contributed by atoms with Crippen molar-refractivity contribution >= 4 is 34.8 Å². The number of ether oxygens (including phenoxy) is 1. The minimum Gasteiger partial charge on any atom is -0.477 e. The Morgan fingerprint density at radius 2 is 1.84 bits per heavy atom. The van der Waals surface area contributed by atoms with Crippen LogP contribution in [0.5, 0.6) is 5.75 Å². The molecule has 4 aromatic rings. The zero-order valence-electron chi connectivity index (χ0n) is 19.0. The summed E-state index contributed by atoms with van der Waals surface area (Å²) in [6, 6.07) is 7.70. The van der Waals surface area contributed by atoms with E-state index in [2.05, 4.69) is 20.7 Å². The van der Waals surface area contributed by atoms with E-state index in [9.17, 15) is 27.6 Å². The SMILES string of the molecule is CC(F)Oc1cc(CNC(=O)c2cc(C(=O)NCc3ccc(C(=O)O)s3)n3ncc(F)c3n2)ccc1F. The van der Waals surface area contributed by atoms with Gasteiger partial charge in [-0.2, -0.15) is 5.10 Å². The van der Waals surface area contributed by atoms with Gasteiger partial charge < -0.3 is 20.5 Å². The van der Waals surface area contributed by atoms with Crippen LogP contribution in [0.1, 0.15) is 48.0 Å². The molecule has 10 nitrogen and oxygen atoms in total. The lowest BCUT2D eigenvalue weighted by atomic mass is 10.2. The maximum atomic E-state index is 14.3. The second kappa shape index (κ2) is 10.7. The van der Waals surface area contributed by atoms with Gasteiger partial charge in [0.05, 0.1) is 12.7 Å². The number of hydrogen-bond donors (Lipinski definition) is 3. The highest BCUT2D eigenvalue weighted by Gasteiger charge is 2.20. The lowest BCUT2D eigenvalue weighted by molar-refractivity contribution is 0.0701. The lowest BCUT2D eigenvalue weighted by Crippen LogP contribution is -2.28. The molecule has 192 valence electrons. The standard InChI is InChI=1S/C23H18F3N5O5S/c1-11(24)36-18-6-12(2-4-14(18)25)8-27-21(32)16-7-17(31-20(30-16)15(26)10-29-31)22(33)28-9-13-3-5-19(37-13)23(34)35/h2-7,10-11H,8-9H2,1H3,(H,27,32)(H,28,33)(H,34,35). The van der Waals surface area contributed by atoms with Crippen LogP contribution in [0.15, 0.2) is 42.6 Å². The molecule has 0 saturated carbocycles. The average Bonchev–Trinajstić information content (AvgIpc) is 3.49. The van der Waals surface area contributed by atoms with Gasteiger partial charge in [0.15, 0.2) is 23.0 Å². The third-order valence-electron chi connectivity index (χ3n) is 4.93. The molecule has 1 atom stereocenters. The van der Waals surface area contributed by atoms with Crippen molar-refractivity contribution in [2.75, 3.05) is 0 Å². The molecule has 0 aliphatic rings. The van der Waals surface area contributed by atoms with E-state index in [0.717, 1.165) is 41.1 Å². The second-order valence-electron chi connectivity index (χ2n) is 7.62. The van der Waals surface area contributed by atoms with E-state index in [0.29, 0.717) is 10.4 Å². The summed E-state index contributed by atoms with van der Waals surface area (Å²) in [4.78, 5) is 41.2. The maximum absolute atomic E-state index is 14.3. The van der Waals surface area contributed by atoms with Gasteiger partial charge in [-0.25, -0.2) is 27.5 Å². The first kappa shape index (κ1) is 25.6. The number of fused-ring (bicyclic) bond motifs is 1. The highest BCUT2D eigenvalue weighted by Crippen LogP contribution is 2.21. The smallest absolute Gasteiger partial charge is 0.345 e. The number of amides is 2. The third-order valence-corrected chi connectivity index (χ3v) is 6.00. The monoisotopic (exact) mass is 533 g/mol. The molecule has 0 radical (unpaired) electrons. The number of carboxylic acids is 1. The highest BCUT2D eigenvalue weighted by atomic mass is 32.1. The van der Waals surface area contributed by atoms with Crippen LogP contribution >= 0.6 is 11.3 Å². The van der Waals surface area contributed by atoms with Crippen LogP contribution in [0.2, 0.25) is 0 Å². The fourth-order valence-electron chi connectivity index (χ4n) is 3.26.